The highest BCUT2D eigenvalue weighted by molar-refractivity contribution is 7.16. The first kappa shape index (κ1) is 78.1. The SMILES string of the molecule is CCc1cccc(Nc2nccc(-c3ncc(C)s3)n2)c1.Cc1cnc(-c2ccnc(Nc3c(C)cccc3C)n2)s1.Cc1cnc(-c2ccnc(Nc3ccc(CCN)cc3)n2)s1.Cc1cnc(-c2ccnc(Nc3ccc(F)cc3F)n2)s1.Cc1cnc(-c2ccnc(Nc3ccc(Oc4ccccc4)cc3)n2)s1. The monoisotopic (exact) mass is 1570 g/mol. The summed E-state index contributed by atoms with van der Waals surface area (Å²) in [7, 11) is 0. The van der Waals surface area contributed by atoms with E-state index in [1.165, 1.54) is 60.4 Å². The van der Waals surface area contributed by atoms with Gasteiger partial charge >= 0.3 is 0 Å². The van der Waals surface area contributed by atoms with Gasteiger partial charge in [-0.1, -0.05) is 67.6 Å². The lowest BCUT2D eigenvalue weighted by molar-refractivity contribution is 0.483. The molecule has 0 saturated heterocycles. The van der Waals surface area contributed by atoms with Crippen molar-refractivity contribution in [3.05, 3.63) is 290 Å². The zero-order valence-electron chi connectivity index (χ0n) is 61.6. The van der Waals surface area contributed by atoms with Gasteiger partial charge in [0, 0.05) is 115 Å². The van der Waals surface area contributed by atoms with Gasteiger partial charge < -0.3 is 37.1 Å². The van der Waals surface area contributed by atoms with Crippen molar-refractivity contribution in [2.45, 2.75) is 68.2 Å². The van der Waals surface area contributed by atoms with Crippen LogP contribution in [0.4, 0.5) is 67.0 Å². The lowest BCUT2D eigenvalue weighted by atomic mass is 10.1. The molecular weight excluding hydrogens is 1490 g/mol. The van der Waals surface area contributed by atoms with E-state index in [0.29, 0.717) is 36.0 Å². The zero-order chi connectivity index (χ0) is 77.4. The molecule has 558 valence electrons. The minimum atomic E-state index is -0.700. The highest BCUT2D eigenvalue weighted by Crippen LogP contribution is 2.32. The van der Waals surface area contributed by atoms with Gasteiger partial charge in [0.05, 0.1) is 5.69 Å². The first-order valence-corrected chi connectivity index (χ1v) is 38.9. The smallest absolute Gasteiger partial charge is 0.227 e. The van der Waals surface area contributed by atoms with Gasteiger partial charge in [0.1, 0.15) is 76.6 Å². The van der Waals surface area contributed by atoms with Crippen LogP contribution in [0.1, 0.15) is 53.6 Å². The van der Waals surface area contributed by atoms with Crippen molar-refractivity contribution < 1.29 is 13.5 Å². The van der Waals surface area contributed by atoms with E-state index in [2.05, 4.69) is 159 Å². The maximum atomic E-state index is 13.6. The van der Waals surface area contributed by atoms with Crippen molar-refractivity contribution in [2.75, 3.05) is 33.1 Å². The van der Waals surface area contributed by atoms with E-state index in [1.807, 2.05) is 169 Å². The van der Waals surface area contributed by atoms with Gasteiger partial charge in [0.15, 0.2) is 0 Å². The fourth-order valence-corrected chi connectivity index (χ4v) is 14.0. The number of anilines is 10. The summed E-state index contributed by atoms with van der Waals surface area (Å²) in [6.45, 7) is 17.0. The number of benzene rings is 6. The van der Waals surface area contributed by atoms with Crippen LogP contribution >= 0.6 is 56.7 Å². The molecule has 16 aromatic rings. The molecule has 0 aliphatic rings. The van der Waals surface area contributed by atoms with Crippen LogP contribution in [-0.2, 0) is 12.8 Å². The number of halogens is 2. The molecule has 10 heterocycles. The quantitative estimate of drug-likeness (QED) is 0.0413. The van der Waals surface area contributed by atoms with E-state index < -0.39 is 11.6 Å². The molecule has 0 aliphatic carbocycles. The van der Waals surface area contributed by atoms with Crippen molar-refractivity contribution in [3.8, 4) is 65.0 Å². The van der Waals surface area contributed by atoms with Crippen LogP contribution in [0.15, 0.2) is 232 Å². The molecule has 0 spiro atoms. The average molecular weight is 1570 g/mol. The normalized spacial score (nSPS) is 10.6. The zero-order valence-corrected chi connectivity index (χ0v) is 65.6. The number of nitrogens with one attached hydrogen (secondary N) is 5. The molecule has 0 radical (unpaired) electrons. The van der Waals surface area contributed by atoms with Gasteiger partial charge in [-0.2, -0.15) is 0 Å². The molecular formula is C82H75F2N21OS5. The topological polar surface area (TPSA) is 289 Å². The number of rotatable bonds is 20. The van der Waals surface area contributed by atoms with Gasteiger partial charge in [-0.25, -0.2) is 83.5 Å². The van der Waals surface area contributed by atoms with Crippen molar-refractivity contribution in [3.63, 3.8) is 0 Å². The minimum Gasteiger partial charge on any atom is -0.457 e. The lowest BCUT2D eigenvalue weighted by Crippen LogP contribution is -2.02. The third-order valence-corrected chi connectivity index (χ3v) is 20.4. The number of aromatic nitrogens is 15. The highest BCUT2D eigenvalue weighted by Gasteiger charge is 2.14. The number of aryl methyl sites for hydroxylation is 8. The molecule has 0 aliphatic heterocycles. The second kappa shape index (κ2) is 38.5. The maximum Gasteiger partial charge on any atom is 0.227 e. The molecule has 0 bridgehead atoms. The Morgan fingerprint density at radius 1 is 0.351 bits per heavy atom. The molecule has 0 saturated carbocycles. The van der Waals surface area contributed by atoms with Crippen LogP contribution < -0.4 is 37.1 Å². The largest absolute Gasteiger partial charge is 0.457 e. The number of hydrogen-bond acceptors (Lipinski definition) is 27. The number of nitrogens with two attached hydrogens (primary N) is 1. The first-order valence-electron chi connectivity index (χ1n) is 34.9. The molecule has 29 heteroatoms. The van der Waals surface area contributed by atoms with Crippen LogP contribution in [0.5, 0.6) is 11.5 Å². The predicted octanol–water partition coefficient (Wildman–Crippen LogP) is 21.0. The molecule has 111 heavy (non-hydrogen) atoms. The lowest BCUT2D eigenvalue weighted by Gasteiger charge is -2.11. The number of ether oxygens (including phenoxy) is 1. The van der Waals surface area contributed by atoms with Gasteiger partial charge in [-0.3, -0.25) is 0 Å². The summed E-state index contributed by atoms with van der Waals surface area (Å²) in [5, 5.41) is 20.1. The predicted molar refractivity (Wildman–Crippen MR) is 446 cm³/mol. The molecule has 0 fully saturated rings. The summed E-state index contributed by atoms with van der Waals surface area (Å²) in [5.74, 6) is 2.76. The average Bonchev–Trinajstić information content (AvgIpc) is 1.82. The fraction of sp³-hybridized carbons (Fsp3) is 0.134. The molecule has 10 aromatic heterocycles. The van der Waals surface area contributed by atoms with Crippen molar-refractivity contribution in [1.82, 2.24) is 74.8 Å². The Hall–Kier alpha value is -12.5. The summed E-state index contributed by atoms with van der Waals surface area (Å²) >= 11 is 8.01. The Morgan fingerprint density at radius 3 is 1.12 bits per heavy atom. The standard InChI is InChI=1S/C20H16N4OS.C16H17N5S.2C16H16N4S.C14H10F2N4S/c1-14-13-22-19(26-14)18-11-12-21-20(24-18)23-15-7-9-17(10-8-15)25-16-5-3-2-4-6-16;1-11-10-19-15(22-11)14-7-9-18-16(21-14)20-13-4-2-12(3-5-13)6-8-17;1-10-5-4-6-11(2)14(10)20-16-17-8-7-13(19-16)15-18-9-12(3)21-15;1-3-12-5-4-6-13(9-12)19-16-17-8-7-14(20-16)15-18-10-11(2)21-15;1-8-7-18-13(21-8)12-4-5-17-14(20-12)19-11-3-2-9(15)6-10(11)16/h2-13H,1H3,(H,21,23,24);2-5,7,9-10H,6,8,17H2,1H3,(H,18,20,21);4-9H,1-3H3,(H,17,19,20);4-10H,3H2,1-2H3,(H,17,19,20);2-7H,1H3,(H,17,19,20). The van der Waals surface area contributed by atoms with E-state index >= 15 is 0 Å². The van der Waals surface area contributed by atoms with Crippen molar-refractivity contribution >= 4 is 115 Å². The maximum absolute atomic E-state index is 13.6. The number of nitrogens with zero attached hydrogens (tertiary/aromatic N) is 15. The number of thiazole rings is 5. The molecule has 0 atom stereocenters. The van der Waals surface area contributed by atoms with Crippen LogP contribution in [-0.4, -0.2) is 81.3 Å². The van der Waals surface area contributed by atoms with E-state index in [1.54, 1.807) is 88.6 Å². The summed E-state index contributed by atoms with van der Waals surface area (Å²) in [6.07, 6.45) is 19.6. The first-order chi connectivity index (χ1) is 54.0. The molecule has 7 N–H and O–H groups in total. The molecule has 16 rings (SSSR count). The van der Waals surface area contributed by atoms with Crippen LogP contribution in [0.25, 0.3) is 53.5 Å². The Labute approximate surface area is 660 Å². The van der Waals surface area contributed by atoms with Gasteiger partial charge in [0.2, 0.25) is 29.7 Å². The van der Waals surface area contributed by atoms with Crippen molar-refractivity contribution in [1.29, 1.82) is 0 Å². The third kappa shape index (κ3) is 23.0. The van der Waals surface area contributed by atoms with Crippen LogP contribution in [0.3, 0.4) is 0 Å². The summed E-state index contributed by atoms with van der Waals surface area (Å²) in [6, 6.07) is 52.5. The Bertz CT molecular complexity index is 5660. The highest BCUT2D eigenvalue weighted by atomic mass is 32.1. The van der Waals surface area contributed by atoms with Crippen molar-refractivity contribution in [2.24, 2.45) is 5.73 Å². The van der Waals surface area contributed by atoms with Crippen LogP contribution in [0, 0.1) is 60.1 Å². The number of hydrogen-bond donors (Lipinski definition) is 6. The summed E-state index contributed by atoms with van der Waals surface area (Å²) < 4.78 is 32.3. The van der Waals surface area contributed by atoms with Crippen LogP contribution in [0.2, 0.25) is 0 Å². The Morgan fingerprint density at radius 2 is 0.730 bits per heavy atom. The van der Waals surface area contributed by atoms with E-state index in [0.717, 1.165) is 111 Å². The second-order valence-electron chi connectivity index (χ2n) is 24.5. The molecule has 6 aromatic carbocycles. The molecule has 0 amide bonds. The Balaban J connectivity index is 0.000000129. The summed E-state index contributed by atoms with van der Waals surface area (Å²) in [4.78, 5) is 71.0. The fourth-order valence-electron chi connectivity index (χ4n) is 10.3. The van der Waals surface area contributed by atoms with E-state index in [4.69, 9.17) is 10.5 Å². The van der Waals surface area contributed by atoms with E-state index in [9.17, 15) is 8.78 Å². The van der Waals surface area contributed by atoms with Gasteiger partial charge in [-0.05, 0) is 193 Å². The summed E-state index contributed by atoms with van der Waals surface area (Å²) in [5.41, 5.74) is 18.4. The van der Waals surface area contributed by atoms with Gasteiger partial charge in [0.25, 0.3) is 0 Å². The second-order valence-corrected chi connectivity index (χ2v) is 30.6. The number of para-hydroxylation sites is 2. The third-order valence-electron chi connectivity index (χ3n) is 15.7. The Kier molecular flexibility index (Phi) is 27.1. The minimum absolute atomic E-state index is 0.115. The molecule has 0 unspecified atom stereocenters. The molecule has 22 nitrogen and oxygen atoms in total. The van der Waals surface area contributed by atoms with Gasteiger partial charge in [-0.15, -0.1) is 56.7 Å². The van der Waals surface area contributed by atoms with E-state index in [-0.39, 0.29) is 11.6 Å².